The fourth-order valence-electron chi connectivity index (χ4n) is 2.57. The third kappa shape index (κ3) is 4.93. The van der Waals surface area contributed by atoms with Crippen molar-refractivity contribution >= 4 is 17.6 Å². The average molecular weight is 346 g/mol. The first-order valence-electron chi connectivity index (χ1n) is 7.29. The van der Waals surface area contributed by atoms with Gasteiger partial charge in [0, 0.05) is 18.8 Å². The molecule has 1 aromatic rings. The number of benzene rings is 1. The molecule has 0 spiro atoms. The molecule has 0 aromatic heterocycles. The maximum atomic E-state index is 12.1. The zero-order valence-corrected chi connectivity index (χ0v) is 12.5. The standard InChI is InChI=1S/C13H16N2O2.C2HF3O2/c16-13(15-9-4-2-1-3-5-9)11-6-10-7-14-8-12(11)17-10;3-2(4,5)1(6)7/h1-5,10-12,14H,6-8H2,(H,15,16);(H,6,7)/t10-,11+,12-;/m1./s1. The Balaban J connectivity index is 0.000000256. The third-order valence-corrected chi connectivity index (χ3v) is 3.67. The monoisotopic (exact) mass is 346 g/mol. The number of anilines is 1. The molecule has 2 saturated heterocycles. The summed E-state index contributed by atoms with van der Waals surface area (Å²) in [5.41, 5.74) is 0.854. The number of nitrogens with one attached hydrogen (secondary N) is 2. The summed E-state index contributed by atoms with van der Waals surface area (Å²) in [5, 5.41) is 13.4. The lowest BCUT2D eigenvalue weighted by atomic mass is 9.99. The molecule has 2 bridgehead atoms. The molecule has 6 nitrogen and oxygen atoms in total. The van der Waals surface area contributed by atoms with Crippen molar-refractivity contribution in [2.24, 2.45) is 5.92 Å². The van der Waals surface area contributed by atoms with Gasteiger partial charge in [-0.1, -0.05) is 18.2 Å². The minimum absolute atomic E-state index is 0.0183. The van der Waals surface area contributed by atoms with Gasteiger partial charge in [0.2, 0.25) is 5.91 Å². The van der Waals surface area contributed by atoms with Gasteiger partial charge in [0.25, 0.3) is 0 Å². The van der Waals surface area contributed by atoms with Crippen molar-refractivity contribution in [3.63, 3.8) is 0 Å². The van der Waals surface area contributed by atoms with E-state index in [1.807, 2.05) is 30.3 Å². The molecule has 2 fully saturated rings. The summed E-state index contributed by atoms with van der Waals surface area (Å²) >= 11 is 0. The molecule has 1 amide bonds. The predicted molar refractivity (Wildman–Crippen MR) is 78.4 cm³/mol. The minimum Gasteiger partial charge on any atom is -0.475 e. The lowest BCUT2D eigenvalue weighted by Crippen LogP contribution is -2.41. The van der Waals surface area contributed by atoms with Crippen molar-refractivity contribution in [1.29, 1.82) is 0 Å². The number of amides is 1. The lowest BCUT2D eigenvalue weighted by Gasteiger charge is -2.22. The van der Waals surface area contributed by atoms with Gasteiger partial charge in [-0.05, 0) is 18.6 Å². The van der Waals surface area contributed by atoms with Crippen molar-refractivity contribution in [2.45, 2.75) is 24.8 Å². The molecule has 132 valence electrons. The SMILES string of the molecule is O=C(Nc1ccccc1)[C@H]1C[C@@H]2CNC[C@H]1O2.O=C(O)C(F)(F)F. The van der Waals surface area contributed by atoms with E-state index in [2.05, 4.69) is 10.6 Å². The highest BCUT2D eigenvalue weighted by Crippen LogP contribution is 2.29. The maximum absolute atomic E-state index is 12.1. The average Bonchev–Trinajstić information content (AvgIpc) is 2.82. The molecule has 3 rings (SSSR count). The zero-order chi connectivity index (χ0) is 17.7. The van der Waals surface area contributed by atoms with Crippen LogP contribution in [0.3, 0.4) is 0 Å². The van der Waals surface area contributed by atoms with E-state index in [9.17, 15) is 18.0 Å². The summed E-state index contributed by atoms with van der Waals surface area (Å²) in [6, 6.07) is 9.57. The Labute approximate surface area is 136 Å². The number of carbonyl (C=O) groups is 2. The Bertz CT molecular complexity index is 580. The first-order chi connectivity index (χ1) is 11.3. The number of para-hydroxylation sites is 1. The molecular formula is C15H17F3N2O4. The fraction of sp³-hybridized carbons (Fsp3) is 0.467. The van der Waals surface area contributed by atoms with Crippen LogP contribution in [0.4, 0.5) is 18.9 Å². The molecule has 0 radical (unpaired) electrons. The largest absolute Gasteiger partial charge is 0.490 e. The van der Waals surface area contributed by atoms with E-state index in [0.29, 0.717) is 0 Å². The molecular weight excluding hydrogens is 329 g/mol. The number of hydrogen-bond acceptors (Lipinski definition) is 4. The number of alkyl halides is 3. The van der Waals surface area contributed by atoms with E-state index in [4.69, 9.17) is 14.6 Å². The number of ether oxygens (including phenoxy) is 1. The summed E-state index contributed by atoms with van der Waals surface area (Å²) in [6.45, 7) is 1.65. The van der Waals surface area contributed by atoms with Crippen LogP contribution in [0.2, 0.25) is 0 Å². The molecule has 0 saturated carbocycles. The van der Waals surface area contributed by atoms with Gasteiger partial charge in [-0.2, -0.15) is 13.2 Å². The van der Waals surface area contributed by atoms with Gasteiger partial charge in [-0.15, -0.1) is 0 Å². The number of carboxylic acids is 1. The van der Waals surface area contributed by atoms with Crippen molar-refractivity contribution < 1.29 is 32.6 Å². The molecule has 1 aromatic carbocycles. The van der Waals surface area contributed by atoms with Gasteiger partial charge in [0.15, 0.2) is 0 Å². The van der Waals surface area contributed by atoms with Crippen LogP contribution in [0.5, 0.6) is 0 Å². The number of carboxylic acid groups (broad SMARTS) is 1. The normalized spacial score (nSPS) is 25.4. The number of halogens is 3. The van der Waals surface area contributed by atoms with E-state index in [-0.39, 0.29) is 24.0 Å². The van der Waals surface area contributed by atoms with Crippen molar-refractivity contribution in [2.75, 3.05) is 18.4 Å². The van der Waals surface area contributed by atoms with E-state index in [0.717, 1.165) is 25.2 Å². The summed E-state index contributed by atoms with van der Waals surface area (Å²) in [5.74, 6) is -2.70. The molecule has 2 heterocycles. The quantitative estimate of drug-likeness (QED) is 0.758. The Morgan fingerprint density at radius 1 is 1.21 bits per heavy atom. The molecule has 0 aliphatic carbocycles. The van der Waals surface area contributed by atoms with Gasteiger partial charge in [0.05, 0.1) is 18.1 Å². The van der Waals surface area contributed by atoms with E-state index < -0.39 is 12.1 Å². The zero-order valence-electron chi connectivity index (χ0n) is 12.5. The first-order valence-corrected chi connectivity index (χ1v) is 7.29. The molecule has 9 heteroatoms. The van der Waals surface area contributed by atoms with Crippen LogP contribution in [-0.4, -0.2) is 48.5 Å². The number of hydrogen-bond donors (Lipinski definition) is 3. The second-order valence-corrected chi connectivity index (χ2v) is 5.46. The van der Waals surface area contributed by atoms with Crippen LogP contribution in [0.25, 0.3) is 0 Å². The molecule has 3 N–H and O–H groups in total. The highest BCUT2D eigenvalue weighted by atomic mass is 19.4. The summed E-state index contributed by atoms with van der Waals surface area (Å²) in [6.07, 6.45) is -4.01. The Morgan fingerprint density at radius 2 is 1.83 bits per heavy atom. The molecule has 3 atom stereocenters. The predicted octanol–water partition coefficient (Wildman–Crippen LogP) is 1.64. The first kappa shape index (κ1) is 18.2. The lowest BCUT2D eigenvalue weighted by molar-refractivity contribution is -0.192. The number of carbonyl (C=O) groups excluding carboxylic acids is 1. The van der Waals surface area contributed by atoms with Crippen LogP contribution in [-0.2, 0) is 14.3 Å². The van der Waals surface area contributed by atoms with Crippen LogP contribution >= 0.6 is 0 Å². The number of rotatable bonds is 2. The number of morpholine rings is 1. The summed E-state index contributed by atoms with van der Waals surface area (Å²) < 4.78 is 37.5. The van der Waals surface area contributed by atoms with Crippen molar-refractivity contribution in [3.8, 4) is 0 Å². The topological polar surface area (TPSA) is 87.7 Å². The van der Waals surface area contributed by atoms with Gasteiger partial charge in [0.1, 0.15) is 0 Å². The van der Waals surface area contributed by atoms with Crippen molar-refractivity contribution in [3.05, 3.63) is 30.3 Å². The van der Waals surface area contributed by atoms with Gasteiger partial charge in [-0.25, -0.2) is 4.79 Å². The van der Waals surface area contributed by atoms with Gasteiger partial charge < -0.3 is 20.5 Å². The number of aliphatic carboxylic acids is 1. The molecule has 2 aliphatic rings. The molecule has 24 heavy (non-hydrogen) atoms. The highest BCUT2D eigenvalue weighted by molar-refractivity contribution is 5.93. The smallest absolute Gasteiger partial charge is 0.475 e. The second kappa shape index (κ2) is 7.63. The van der Waals surface area contributed by atoms with E-state index in [1.54, 1.807) is 0 Å². The van der Waals surface area contributed by atoms with Gasteiger partial charge >= 0.3 is 12.1 Å². The maximum Gasteiger partial charge on any atom is 0.490 e. The van der Waals surface area contributed by atoms with E-state index >= 15 is 0 Å². The van der Waals surface area contributed by atoms with Crippen LogP contribution in [0.15, 0.2) is 30.3 Å². The Morgan fingerprint density at radius 3 is 2.38 bits per heavy atom. The highest BCUT2D eigenvalue weighted by Gasteiger charge is 2.42. The van der Waals surface area contributed by atoms with Crippen LogP contribution in [0, 0.1) is 5.92 Å². The number of fused-ring (bicyclic) bond motifs is 2. The Hall–Kier alpha value is -2.13. The molecule has 2 aliphatic heterocycles. The summed E-state index contributed by atoms with van der Waals surface area (Å²) in [7, 11) is 0. The second-order valence-electron chi connectivity index (χ2n) is 5.46. The van der Waals surface area contributed by atoms with Gasteiger partial charge in [-0.3, -0.25) is 4.79 Å². The van der Waals surface area contributed by atoms with E-state index in [1.165, 1.54) is 0 Å². The Kier molecular flexibility index (Phi) is 5.79. The van der Waals surface area contributed by atoms with Crippen LogP contribution < -0.4 is 10.6 Å². The van der Waals surface area contributed by atoms with Crippen molar-refractivity contribution in [1.82, 2.24) is 5.32 Å². The fourth-order valence-corrected chi connectivity index (χ4v) is 2.57. The minimum atomic E-state index is -5.08. The molecule has 0 unspecified atom stereocenters. The third-order valence-electron chi connectivity index (χ3n) is 3.67. The van der Waals surface area contributed by atoms with Crippen LogP contribution in [0.1, 0.15) is 6.42 Å². The summed E-state index contributed by atoms with van der Waals surface area (Å²) in [4.78, 5) is 21.0.